The van der Waals surface area contributed by atoms with Gasteiger partial charge in [-0.1, -0.05) is 54.6 Å². The third-order valence-corrected chi connectivity index (χ3v) is 12.2. The van der Waals surface area contributed by atoms with E-state index < -0.39 is 7.05 Å². The first-order chi connectivity index (χ1) is 27.3. The fraction of sp³-hybridized carbons (Fsp3) is 0.295. The van der Waals surface area contributed by atoms with Gasteiger partial charge in [0.1, 0.15) is 17.2 Å². The molecule has 3 amide bonds. The largest absolute Gasteiger partial charge is 0.537 e. The quantitative estimate of drug-likeness (QED) is 0.140. The third-order valence-electron chi connectivity index (χ3n) is 12.2. The number of fused-ring (bicyclic) bond motifs is 4. The number of aromatic nitrogens is 1. The van der Waals surface area contributed by atoms with Crippen molar-refractivity contribution in [1.29, 1.82) is 0 Å². The van der Waals surface area contributed by atoms with Gasteiger partial charge in [-0.3, -0.25) is 14.4 Å². The lowest BCUT2D eigenvalue weighted by atomic mass is 9.70. The van der Waals surface area contributed by atoms with Gasteiger partial charge in [-0.05, 0) is 95.7 Å². The number of benzene rings is 4. The van der Waals surface area contributed by atoms with Gasteiger partial charge in [-0.25, -0.2) is 0 Å². The van der Waals surface area contributed by atoms with Crippen LogP contribution in [-0.2, 0) is 23.3 Å². The number of ether oxygens (including phenoxy) is 1. The molecule has 284 valence electrons. The van der Waals surface area contributed by atoms with Crippen molar-refractivity contribution in [2.75, 3.05) is 32.8 Å². The second kappa shape index (κ2) is 14.7. The molecule has 5 heterocycles. The Morgan fingerprint density at radius 1 is 0.857 bits per heavy atom. The number of likely N-dealkylation sites (tertiary alicyclic amines) is 2. The first kappa shape index (κ1) is 35.8. The van der Waals surface area contributed by atoms with Crippen LogP contribution in [0, 0.1) is 0 Å². The highest BCUT2D eigenvalue weighted by molar-refractivity contribution is 6.71. The molecule has 9 rings (SSSR count). The maximum absolute atomic E-state index is 13.8. The maximum Gasteiger partial charge on any atom is 0.520 e. The molecule has 5 aromatic rings. The number of rotatable bonds is 7. The molecule has 4 aliphatic heterocycles. The summed E-state index contributed by atoms with van der Waals surface area (Å²) in [5, 5.41) is 3.80. The van der Waals surface area contributed by atoms with Gasteiger partial charge in [0, 0.05) is 67.2 Å². The van der Waals surface area contributed by atoms with Crippen molar-refractivity contribution >= 4 is 47.2 Å². The lowest BCUT2D eigenvalue weighted by Crippen LogP contribution is -2.55. The molecule has 0 atom stereocenters. The number of H-pyrrole nitrogens is 1. The second-order valence-electron chi connectivity index (χ2n) is 15.5. The zero-order valence-corrected chi connectivity index (χ0v) is 31.3. The molecule has 1 spiro atoms. The monoisotopic (exact) mass is 748 g/mol. The average molecular weight is 749 g/mol. The lowest BCUT2D eigenvalue weighted by Gasteiger charge is -2.38. The van der Waals surface area contributed by atoms with Crippen molar-refractivity contribution in [1.82, 2.24) is 20.0 Å². The minimum absolute atomic E-state index is 0.0464. The van der Waals surface area contributed by atoms with E-state index in [4.69, 9.17) is 20.9 Å². The summed E-state index contributed by atoms with van der Waals surface area (Å²) in [6.07, 6.45) is 6.76. The smallest absolute Gasteiger partial charge is 0.520 e. The highest BCUT2D eigenvalue weighted by Gasteiger charge is 2.44. The topological polar surface area (TPSA) is 156 Å². The van der Waals surface area contributed by atoms with Crippen LogP contribution < -0.4 is 31.5 Å². The van der Waals surface area contributed by atoms with Crippen LogP contribution in [0.4, 0.5) is 0 Å². The second-order valence-corrected chi connectivity index (χ2v) is 15.5. The van der Waals surface area contributed by atoms with E-state index in [1.165, 1.54) is 11.1 Å². The number of aromatic amines is 1. The first-order valence-electron chi connectivity index (χ1n) is 19.6. The predicted molar refractivity (Wildman–Crippen MR) is 217 cm³/mol. The minimum atomic E-state index is -0.753. The standard InChI is InChI=1S/C44H45BN6O5/c46-25-29-3-1-4-32(21-29)31-13-17-50(18-14-31)41(52)12-9-28-7-10-39-34(22-28)42(53)49-45(56-39)36-5-2-6-37-33(36)24-38(48-37)43(54)51-19-15-44(16-20-51)27-55-40-11-8-30(26-47)23-35(40)44/h1-12,21-24,31,48H,13-20,25-27,46-47H2,(H,49,53)/b12-9+. The van der Waals surface area contributed by atoms with Crippen LogP contribution in [0.25, 0.3) is 17.0 Å². The molecule has 0 saturated carbocycles. The molecule has 56 heavy (non-hydrogen) atoms. The van der Waals surface area contributed by atoms with Gasteiger partial charge >= 0.3 is 7.05 Å². The van der Waals surface area contributed by atoms with Crippen LogP contribution in [0.5, 0.6) is 11.5 Å². The summed E-state index contributed by atoms with van der Waals surface area (Å²) < 4.78 is 12.4. The summed E-state index contributed by atoms with van der Waals surface area (Å²) in [4.78, 5) is 47.5. The van der Waals surface area contributed by atoms with Crippen LogP contribution in [0.2, 0.25) is 0 Å². The number of nitrogens with two attached hydrogens (primary N) is 2. The first-order valence-corrected chi connectivity index (χ1v) is 19.6. The number of nitrogens with zero attached hydrogens (tertiary/aromatic N) is 2. The normalized spacial score (nSPS) is 17.8. The Hall–Kier alpha value is -5.85. The zero-order valence-electron chi connectivity index (χ0n) is 31.3. The van der Waals surface area contributed by atoms with E-state index in [-0.39, 0.29) is 23.1 Å². The Morgan fingerprint density at radius 2 is 1.62 bits per heavy atom. The molecule has 2 saturated heterocycles. The number of carbonyl (C=O) groups is 3. The van der Waals surface area contributed by atoms with Crippen LogP contribution in [0.15, 0.2) is 91.0 Å². The molecule has 0 aliphatic carbocycles. The molecule has 4 aromatic carbocycles. The molecular weight excluding hydrogens is 703 g/mol. The average Bonchev–Trinajstić information content (AvgIpc) is 3.84. The number of carbonyl (C=O) groups excluding carboxylic acids is 3. The summed E-state index contributed by atoms with van der Waals surface area (Å²) in [6, 6.07) is 27.5. The van der Waals surface area contributed by atoms with Crippen LogP contribution in [-0.4, -0.2) is 72.3 Å². The van der Waals surface area contributed by atoms with Crippen molar-refractivity contribution in [2.45, 2.75) is 50.1 Å². The van der Waals surface area contributed by atoms with Crippen molar-refractivity contribution in [3.63, 3.8) is 0 Å². The van der Waals surface area contributed by atoms with E-state index in [2.05, 4.69) is 34.5 Å². The van der Waals surface area contributed by atoms with Gasteiger partial charge in [0.2, 0.25) is 11.8 Å². The number of piperidine rings is 2. The summed E-state index contributed by atoms with van der Waals surface area (Å²) in [5.41, 5.74) is 19.5. The van der Waals surface area contributed by atoms with E-state index in [0.717, 1.165) is 64.5 Å². The van der Waals surface area contributed by atoms with Crippen LogP contribution in [0.1, 0.15) is 80.3 Å². The van der Waals surface area contributed by atoms with Crippen molar-refractivity contribution < 1.29 is 23.8 Å². The van der Waals surface area contributed by atoms with Gasteiger partial charge in [-0.15, -0.1) is 0 Å². The predicted octanol–water partition coefficient (Wildman–Crippen LogP) is 4.59. The molecule has 4 aliphatic rings. The maximum atomic E-state index is 13.8. The molecule has 12 heteroatoms. The van der Waals surface area contributed by atoms with Gasteiger partial charge in [-0.2, -0.15) is 0 Å². The fourth-order valence-corrected chi connectivity index (χ4v) is 8.89. The Balaban J connectivity index is 0.844. The van der Waals surface area contributed by atoms with Crippen molar-refractivity contribution in [3.8, 4) is 11.5 Å². The molecule has 1 aromatic heterocycles. The molecule has 0 bridgehead atoms. The van der Waals surface area contributed by atoms with E-state index in [1.807, 2.05) is 58.3 Å². The van der Waals surface area contributed by atoms with Crippen molar-refractivity contribution in [2.24, 2.45) is 11.5 Å². The Bertz CT molecular complexity index is 2370. The van der Waals surface area contributed by atoms with Crippen LogP contribution >= 0.6 is 0 Å². The third kappa shape index (κ3) is 6.62. The summed E-state index contributed by atoms with van der Waals surface area (Å²) in [7, 11) is -0.753. The Morgan fingerprint density at radius 3 is 2.43 bits per heavy atom. The summed E-state index contributed by atoms with van der Waals surface area (Å²) in [6.45, 7) is 4.23. The minimum Gasteiger partial charge on any atom is -0.537 e. The van der Waals surface area contributed by atoms with Crippen molar-refractivity contribution in [3.05, 3.63) is 130 Å². The molecule has 11 nitrogen and oxygen atoms in total. The number of nitrogens with one attached hydrogen (secondary N) is 2. The molecule has 6 N–H and O–H groups in total. The van der Waals surface area contributed by atoms with E-state index in [1.54, 1.807) is 24.3 Å². The zero-order chi connectivity index (χ0) is 38.4. The summed E-state index contributed by atoms with van der Waals surface area (Å²) >= 11 is 0. The van der Waals surface area contributed by atoms with Gasteiger partial charge < -0.3 is 40.9 Å². The molecule has 0 radical (unpaired) electrons. The molecule has 0 unspecified atom stereocenters. The number of amides is 3. The van der Waals surface area contributed by atoms with Gasteiger partial charge in [0.15, 0.2) is 0 Å². The summed E-state index contributed by atoms with van der Waals surface area (Å²) in [5.74, 6) is 1.40. The Kier molecular flexibility index (Phi) is 9.39. The number of hydrogen-bond donors (Lipinski definition) is 4. The van der Waals surface area contributed by atoms with E-state index in [0.29, 0.717) is 68.8 Å². The highest BCUT2D eigenvalue weighted by atomic mass is 16.5. The number of hydrogen-bond acceptors (Lipinski definition) is 7. The molecular formula is C44H45BN6O5. The fourth-order valence-electron chi connectivity index (χ4n) is 8.89. The van der Waals surface area contributed by atoms with E-state index >= 15 is 0 Å². The SMILES string of the molecule is NCc1cccc(C2CCN(C(=O)/C=C/c3ccc4c(c3)C(=O)NB(c3cccc5[nH]c(C(=O)N6CCC7(CC6)COc6ccc(CN)cc67)cc35)O4)CC2)c1. The van der Waals surface area contributed by atoms with Crippen LogP contribution in [0.3, 0.4) is 0 Å². The Labute approximate surface area is 326 Å². The van der Waals surface area contributed by atoms with Gasteiger partial charge in [0.25, 0.3) is 5.91 Å². The lowest BCUT2D eigenvalue weighted by molar-refractivity contribution is -0.126. The highest BCUT2D eigenvalue weighted by Crippen LogP contribution is 2.46. The van der Waals surface area contributed by atoms with Gasteiger partial charge in [0.05, 0.1) is 12.2 Å². The molecule has 2 fully saturated rings. The van der Waals surface area contributed by atoms with E-state index in [9.17, 15) is 14.4 Å².